The van der Waals surface area contributed by atoms with Crippen LogP contribution in [0.2, 0.25) is 5.02 Å². The van der Waals surface area contributed by atoms with Crippen molar-refractivity contribution in [2.75, 3.05) is 40.8 Å². The van der Waals surface area contributed by atoms with Crippen LogP contribution in [0.15, 0.2) is 91.1 Å². The molecular formula is C34H42ClN5. The lowest BCUT2D eigenvalue weighted by atomic mass is 9.68. The number of likely N-dealkylation sites (N-methyl/N-ethyl adjacent to an activating group) is 2. The Balaban J connectivity index is 1.36. The van der Waals surface area contributed by atoms with E-state index < -0.39 is 0 Å². The molecule has 3 aromatic carbocycles. The molecule has 1 aromatic heterocycles. The van der Waals surface area contributed by atoms with E-state index in [0.29, 0.717) is 6.04 Å². The maximum absolute atomic E-state index is 6.13. The number of rotatable bonds is 11. The number of halogens is 1. The fourth-order valence-electron chi connectivity index (χ4n) is 6.19. The van der Waals surface area contributed by atoms with Gasteiger partial charge in [0.1, 0.15) is 0 Å². The molecule has 1 unspecified atom stereocenters. The van der Waals surface area contributed by atoms with E-state index in [0.717, 1.165) is 57.0 Å². The molecule has 1 saturated heterocycles. The van der Waals surface area contributed by atoms with Crippen LogP contribution < -0.4 is 5.32 Å². The Morgan fingerprint density at radius 2 is 1.48 bits per heavy atom. The van der Waals surface area contributed by atoms with Crippen LogP contribution in [0, 0.1) is 0 Å². The minimum atomic E-state index is 0.0543. The van der Waals surface area contributed by atoms with Crippen molar-refractivity contribution in [2.45, 2.75) is 43.8 Å². The monoisotopic (exact) mass is 555 g/mol. The van der Waals surface area contributed by atoms with Crippen LogP contribution >= 0.6 is 11.6 Å². The Kier molecular flexibility index (Phi) is 9.38. The van der Waals surface area contributed by atoms with E-state index in [-0.39, 0.29) is 5.41 Å². The molecule has 0 saturated carbocycles. The first-order valence-corrected chi connectivity index (χ1v) is 14.8. The lowest BCUT2D eigenvalue weighted by Crippen LogP contribution is -2.43. The van der Waals surface area contributed by atoms with Gasteiger partial charge in [-0.3, -0.25) is 9.58 Å². The highest BCUT2D eigenvalue weighted by atomic mass is 35.5. The molecule has 4 aromatic rings. The number of hydrogen-bond acceptors (Lipinski definition) is 4. The van der Waals surface area contributed by atoms with Crippen molar-refractivity contribution in [3.8, 4) is 0 Å². The molecule has 0 spiro atoms. The minimum Gasteiger partial charge on any atom is -0.315 e. The van der Waals surface area contributed by atoms with Gasteiger partial charge in [-0.05, 0) is 87.9 Å². The molecule has 2 heterocycles. The number of aromatic nitrogens is 2. The van der Waals surface area contributed by atoms with Gasteiger partial charge in [0, 0.05) is 35.8 Å². The molecule has 0 bridgehead atoms. The molecule has 6 heteroatoms. The first-order chi connectivity index (χ1) is 19.4. The van der Waals surface area contributed by atoms with Crippen molar-refractivity contribution in [2.24, 2.45) is 0 Å². The third-order valence-electron chi connectivity index (χ3n) is 8.38. The lowest BCUT2D eigenvalue weighted by molar-refractivity contribution is 0.170. The van der Waals surface area contributed by atoms with E-state index in [1.54, 1.807) is 0 Å². The van der Waals surface area contributed by atoms with Crippen molar-refractivity contribution in [1.29, 1.82) is 0 Å². The average Bonchev–Trinajstić information content (AvgIpc) is 3.35. The first-order valence-electron chi connectivity index (χ1n) is 14.4. The van der Waals surface area contributed by atoms with Crippen LogP contribution in [0.4, 0.5) is 0 Å². The van der Waals surface area contributed by atoms with Crippen LogP contribution in [0.5, 0.6) is 0 Å². The summed E-state index contributed by atoms with van der Waals surface area (Å²) in [6.07, 6.45) is 5.41. The molecule has 0 aliphatic carbocycles. The second kappa shape index (κ2) is 13.1. The van der Waals surface area contributed by atoms with Crippen LogP contribution in [0.25, 0.3) is 0 Å². The summed E-state index contributed by atoms with van der Waals surface area (Å²) >= 11 is 6.13. The van der Waals surface area contributed by atoms with E-state index in [9.17, 15) is 0 Å². The molecule has 1 N–H and O–H groups in total. The van der Waals surface area contributed by atoms with Crippen molar-refractivity contribution >= 4 is 11.6 Å². The molecule has 0 radical (unpaired) electrons. The topological polar surface area (TPSA) is 36.3 Å². The largest absolute Gasteiger partial charge is 0.315 e. The second-order valence-corrected chi connectivity index (χ2v) is 11.9. The Morgan fingerprint density at radius 3 is 2.02 bits per heavy atom. The zero-order valence-corrected chi connectivity index (χ0v) is 24.8. The lowest BCUT2D eigenvalue weighted by Gasteiger charge is -2.43. The van der Waals surface area contributed by atoms with Crippen LogP contribution in [0.1, 0.15) is 40.8 Å². The summed E-state index contributed by atoms with van der Waals surface area (Å²) in [5.41, 5.74) is 6.64. The highest BCUT2D eigenvalue weighted by Gasteiger charge is 2.38. The van der Waals surface area contributed by atoms with E-state index in [4.69, 9.17) is 16.7 Å². The molecule has 1 aliphatic rings. The standard InChI is InChI=1S/C34H42ClN5/c1-36-32(25-38(2)3)22-28-24-40(23-27-14-16-31(35)17-15-27)37-33(28)26-39-20-18-34(19-21-39,29-10-6-4-7-11-29)30-12-8-5-9-13-30/h4-17,24,32,36H,18-23,25-26H2,1-3H3. The quantitative estimate of drug-likeness (QED) is 0.251. The summed E-state index contributed by atoms with van der Waals surface area (Å²) in [5, 5.41) is 9.42. The van der Waals surface area contributed by atoms with E-state index >= 15 is 0 Å². The molecule has 1 atom stereocenters. The summed E-state index contributed by atoms with van der Waals surface area (Å²) in [6.45, 7) is 4.69. The predicted molar refractivity (Wildman–Crippen MR) is 166 cm³/mol. The van der Waals surface area contributed by atoms with Gasteiger partial charge in [0.25, 0.3) is 0 Å². The van der Waals surface area contributed by atoms with Crippen molar-refractivity contribution in [1.82, 2.24) is 24.9 Å². The minimum absolute atomic E-state index is 0.0543. The smallest absolute Gasteiger partial charge is 0.0797 e. The van der Waals surface area contributed by atoms with E-state index in [2.05, 4.69) is 120 Å². The van der Waals surface area contributed by atoms with Gasteiger partial charge in [0.2, 0.25) is 0 Å². The molecule has 1 aliphatic heterocycles. The Bertz CT molecular complexity index is 1280. The summed E-state index contributed by atoms with van der Waals surface area (Å²) in [7, 11) is 6.33. The maximum atomic E-state index is 6.13. The maximum Gasteiger partial charge on any atom is 0.0797 e. The zero-order chi connectivity index (χ0) is 28.0. The number of likely N-dealkylation sites (tertiary alicyclic amines) is 1. The van der Waals surface area contributed by atoms with Crippen LogP contribution in [-0.2, 0) is 24.9 Å². The number of nitrogens with zero attached hydrogens (tertiary/aromatic N) is 4. The van der Waals surface area contributed by atoms with Crippen molar-refractivity contribution in [3.63, 3.8) is 0 Å². The fourth-order valence-corrected chi connectivity index (χ4v) is 6.32. The average molecular weight is 556 g/mol. The zero-order valence-electron chi connectivity index (χ0n) is 24.1. The molecule has 40 heavy (non-hydrogen) atoms. The van der Waals surface area contributed by atoms with Gasteiger partial charge in [-0.15, -0.1) is 0 Å². The number of nitrogens with one attached hydrogen (secondary N) is 1. The molecule has 1 fully saturated rings. The molecule has 5 rings (SSSR count). The van der Waals surface area contributed by atoms with Gasteiger partial charge >= 0.3 is 0 Å². The van der Waals surface area contributed by atoms with Gasteiger partial charge in [-0.1, -0.05) is 84.4 Å². The number of benzene rings is 3. The number of piperidine rings is 1. The van der Waals surface area contributed by atoms with Crippen LogP contribution in [-0.4, -0.2) is 66.4 Å². The molecular weight excluding hydrogens is 514 g/mol. The van der Waals surface area contributed by atoms with Gasteiger partial charge < -0.3 is 10.2 Å². The summed E-state index contributed by atoms with van der Waals surface area (Å²) in [5.74, 6) is 0. The van der Waals surface area contributed by atoms with Gasteiger partial charge in [-0.25, -0.2) is 0 Å². The van der Waals surface area contributed by atoms with E-state index in [1.807, 2.05) is 12.1 Å². The Hall–Kier alpha value is -2.96. The fraction of sp³-hybridized carbons (Fsp3) is 0.382. The predicted octanol–water partition coefficient (Wildman–Crippen LogP) is 5.86. The Morgan fingerprint density at radius 1 is 0.875 bits per heavy atom. The van der Waals surface area contributed by atoms with Gasteiger partial charge in [0.15, 0.2) is 0 Å². The SMILES string of the molecule is CNC(Cc1cn(Cc2ccc(Cl)cc2)nc1CN1CCC(c2ccccc2)(c2ccccc2)CC1)CN(C)C. The second-order valence-electron chi connectivity index (χ2n) is 11.5. The van der Waals surface area contributed by atoms with Crippen molar-refractivity contribution < 1.29 is 0 Å². The molecule has 0 amide bonds. The molecule has 210 valence electrons. The Labute approximate surface area is 244 Å². The third kappa shape index (κ3) is 6.84. The van der Waals surface area contributed by atoms with Gasteiger partial charge in [-0.2, -0.15) is 5.10 Å². The van der Waals surface area contributed by atoms with Crippen LogP contribution in [0.3, 0.4) is 0 Å². The number of hydrogen-bond donors (Lipinski definition) is 1. The molecule has 5 nitrogen and oxygen atoms in total. The first kappa shape index (κ1) is 28.6. The summed E-state index contributed by atoms with van der Waals surface area (Å²) in [4.78, 5) is 4.85. The van der Waals surface area contributed by atoms with Crippen molar-refractivity contribution in [3.05, 3.63) is 124 Å². The third-order valence-corrected chi connectivity index (χ3v) is 8.63. The van der Waals surface area contributed by atoms with Gasteiger partial charge in [0.05, 0.1) is 12.2 Å². The normalized spacial score (nSPS) is 16.3. The summed E-state index contributed by atoms with van der Waals surface area (Å²) in [6, 6.07) is 30.6. The highest BCUT2D eigenvalue weighted by molar-refractivity contribution is 6.30. The van der Waals surface area contributed by atoms with E-state index in [1.165, 1.54) is 27.9 Å². The highest BCUT2D eigenvalue weighted by Crippen LogP contribution is 2.42. The summed E-state index contributed by atoms with van der Waals surface area (Å²) < 4.78 is 2.11.